The molecule has 0 amide bonds. The molecule has 0 heterocycles. The molecule has 0 rings (SSSR count). The quantitative estimate of drug-likeness (QED) is 0.524. The van der Waals surface area contributed by atoms with Gasteiger partial charge in [-0.05, 0) is 0 Å². The van der Waals surface area contributed by atoms with Gasteiger partial charge in [-0.15, -0.1) is 0 Å². The molecular weight excluding hydrogens is 374 g/mol. The van der Waals surface area contributed by atoms with E-state index < -0.39 is 62.5 Å². The predicted molar refractivity (Wildman–Crippen MR) is 57.4 cm³/mol. The lowest BCUT2D eigenvalue weighted by molar-refractivity contribution is -0.293. The van der Waals surface area contributed by atoms with E-state index in [0.29, 0.717) is 0 Å². The summed E-state index contributed by atoms with van der Waals surface area (Å²) in [5.41, 5.74) is 0. The summed E-state index contributed by atoms with van der Waals surface area (Å²) in [6.07, 6.45) is -21.1. The summed E-state index contributed by atoms with van der Waals surface area (Å²) >= 11 is 0. The van der Waals surface area contributed by atoms with Crippen LogP contribution in [0.3, 0.4) is 0 Å². The number of rotatable bonds is 6. The Hall–Kier alpha value is -0.860. The monoisotopic (exact) mass is 388 g/mol. The average molecular weight is 388 g/mol. The van der Waals surface area contributed by atoms with Gasteiger partial charge in [0, 0.05) is 26.1 Å². The number of aliphatic hydroxyl groups is 4. The Morgan fingerprint density at radius 2 is 0.750 bits per heavy atom. The maximum Gasteiger partial charge on any atom is 0.417 e. The van der Waals surface area contributed by atoms with Gasteiger partial charge in [0.1, 0.15) is 0 Å². The number of alkyl halides is 10. The Bertz CT molecular complexity index is 321. The lowest BCUT2D eigenvalue weighted by atomic mass is 10.1. The molecule has 0 aromatic heterocycles. The van der Waals surface area contributed by atoms with E-state index in [1.54, 1.807) is 0 Å². The molecule has 0 aliphatic carbocycles. The fraction of sp³-hybridized carbons (Fsp3) is 1.00. The van der Waals surface area contributed by atoms with Gasteiger partial charge >= 0.3 is 24.2 Å². The van der Waals surface area contributed by atoms with Crippen LogP contribution in [0.5, 0.6) is 0 Å². The predicted octanol–water partition coefficient (Wildman–Crippen LogP) is 1.85. The molecule has 24 heavy (non-hydrogen) atoms. The van der Waals surface area contributed by atoms with Gasteiger partial charge in [0.2, 0.25) is 0 Å². The molecule has 148 valence electrons. The second-order valence-electron chi connectivity index (χ2n) is 4.33. The van der Waals surface area contributed by atoms with Crippen molar-refractivity contribution in [3.05, 3.63) is 0 Å². The fourth-order valence-electron chi connectivity index (χ4n) is 1.00. The van der Waals surface area contributed by atoms with Crippen LogP contribution in [0.2, 0.25) is 0 Å². The molecule has 2 unspecified atom stereocenters. The molecule has 0 fully saturated rings. The van der Waals surface area contributed by atoms with Crippen LogP contribution in [-0.4, -0.2) is 70.0 Å². The lowest BCUT2D eigenvalue weighted by Gasteiger charge is -2.25. The van der Waals surface area contributed by atoms with E-state index in [2.05, 4.69) is 0 Å². The van der Waals surface area contributed by atoms with Crippen LogP contribution in [0.25, 0.3) is 0 Å². The zero-order valence-electron chi connectivity index (χ0n) is 11.6. The van der Waals surface area contributed by atoms with E-state index in [1.807, 2.05) is 0 Å². The van der Waals surface area contributed by atoms with Crippen LogP contribution in [0.4, 0.5) is 43.9 Å². The molecule has 0 saturated carbocycles. The molecule has 0 spiro atoms. The summed E-state index contributed by atoms with van der Waals surface area (Å²) < 4.78 is 117. The summed E-state index contributed by atoms with van der Waals surface area (Å²) in [7, 11) is 0. The van der Waals surface area contributed by atoms with Crippen molar-refractivity contribution in [1.29, 1.82) is 0 Å². The molecule has 14 heteroatoms. The minimum absolute atomic E-state index is 1.01. The van der Waals surface area contributed by atoms with Gasteiger partial charge in [-0.1, -0.05) is 0 Å². The number of hydrogen-bond donors (Lipinski definition) is 4. The van der Waals surface area contributed by atoms with E-state index >= 15 is 0 Å². The first-order chi connectivity index (χ1) is 10.4. The smallest absolute Gasteiger partial charge is 0.396 e. The molecule has 0 aliphatic rings. The summed E-state index contributed by atoms with van der Waals surface area (Å²) in [5, 5.41) is 31.9. The van der Waals surface area contributed by atoms with Crippen LogP contribution < -0.4 is 0 Å². The summed E-state index contributed by atoms with van der Waals surface area (Å²) in [6.45, 7) is -2.01. The first kappa shape index (κ1) is 25.4. The van der Waals surface area contributed by atoms with Crippen LogP contribution in [0.1, 0.15) is 12.8 Å². The van der Waals surface area contributed by atoms with E-state index in [4.69, 9.17) is 20.4 Å². The Kier molecular flexibility index (Phi) is 9.53. The minimum atomic E-state index is -5.48. The van der Waals surface area contributed by atoms with Gasteiger partial charge in [-0.3, -0.25) is 0 Å². The van der Waals surface area contributed by atoms with Gasteiger partial charge in [-0.2, -0.15) is 43.9 Å². The van der Waals surface area contributed by atoms with Crippen molar-refractivity contribution in [3.63, 3.8) is 0 Å². The Morgan fingerprint density at radius 1 is 0.542 bits per heavy atom. The Labute approximate surface area is 128 Å². The van der Waals surface area contributed by atoms with Gasteiger partial charge in [0.15, 0.2) is 12.2 Å². The maximum atomic E-state index is 12.4. The molecule has 0 saturated heterocycles. The van der Waals surface area contributed by atoms with Gasteiger partial charge < -0.3 is 20.4 Å². The van der Waals surface area contributed by atoms with Crippen molar-refractivity contribution in [1.82, 2.24) is 0 Å². The van der Waals surface area contributed by atoms with Crippen LogP contribution in [0, 0.1) is 0 Å². The molecule has 0 bridgehead atoms. The molecule has 4 N–H and O–H groups in total. The number of halogens is 10. The van der Waals surface area contributed by atoms with Crippen molar-refractivity contribution in [2.45, 2.75) is 49.2 Å². The zero-order chi connectivity index (χ0) is 20.0. The topological polar surface area (TPSA) is 80.9 Å². The molecule has 0 aromatic rings. The van der Waals surface area contributed by atoms with Crippen molar-refractivity contribution in [2.24, 2.45) is 0 Å². The van der Waals surface area contributed by atoms with Gasteiger partial charge in [-0.25, -0.2) is 0 Å². The van der Waals surface area contributed by atoms with Crippen LogP contribution in [-0.2, 0) is 0 Å². The van der Waals surface area contributed by atoms with E-state index in [0.717, 1.165) is 0 Å². The second kappa shape index (κ2) is 9.01. The summed E-state index contributed by atoms with van der Waals surface area (Å²) in [5.74, 6) is -8.49. The fourth-order valence-corrected chi connectivity index (χ4v) is 1.00. The molecular formula is C10H14F10O4. The average Bonchev–Trinajstić information content (AvgIpc) is 2.35. The van der Waals surface area contributed by atoms with Gasteiger partial charge in [0.25, 0.3) is 0 Å². The molecule has 0 aliphatic heterocycles. The highest BCUT2D eigenvalue weighted by molar-refractivity contribution is 4.84. The largest absolute Gasteiger partial charge is 0.417 e. The van der Waals surface area contributed by atoms with E-state index in [9.17, 15) is 43.9 Å². The maximum absolute atomic E-state index is 12.4. The SMILES string of the molecule is OC(C(O)C(F)(F)F)C(F)(F)F.OCCC(F)(F)C(F)(F)CCO. The van der Waals surface area contributed by atoms with Crippen molar-refractivity contribution < 1.29 is 64.3 Å². The lowest BCUT2D eigenvalue weighted by Crippen LogP contribution is -2.47. The highest BCUT2D eigenvalue weighted by atomic mass is 19.4. The summed E-state index contributed by atoms with van der Waals surface area (Å²) in [6, 6.07) is 0. The second-order valence-corrected chi connectivity index (χ2v) is 4.33. The van der Waals surface area contributed by atoms with Crippen molar-refractivity contribution >= 4 is 0 Å². The zero-order valence-corrected chi connectivity index (χ0v) is 11.6. The molecule has 2 atom stereocenters. The van der Waals surface area contributed by atoms with Crippen LogP contribution in [0.15, 0.2) is 0 Å². The first-order valence-electron chi connectivity index (χ1n) is 5.91. The van der Waals surface area contributed by atoms with E-state index in [1.165, 1.54) is 0 Å². The standard InChI is InChI=1S/C6H10F4O2.C4H4F6O2/c7-5(8,1-3-11)6(9,10)2-4-12;5-3(6,7)1(11)2(12)4(8,9)10/h11-12H,1-4H2;1-2,11-12H. The minimum Gasteiger partial charge on any atom is -0.396 e. The third-order valence-electron chi connectivity index (χ3n) is 2.36. The van der Waals surface area contributed by atoms with Crippen molar-refractivity contribution in [3.8, 4) is 0 Å². The Balaban J connectivity index is 0. The third-order valence-corrected chi connectivity index (χ3v) is 2.36. The molecule has 4 nitrogen and oxygen atoms in total. The Morgan fingerprint density at radius 3 is 0.875 bits per heavy atom. The highest BCUT2D eigenvalue weighted by Gasteiger charge is 2.55. The number of hydrogen-bond acceptors (Lipinski definition) is 4. The highest BCUT2D eigenvalue weighted by Crippen LogP contribution is 2.38. The van der Waals surface area contributed by atoms with E-state index in [-0.39, 0.29) is 0 Å². The van der Waals surface area contributed by atoms with Gasteiger partial charge in [0.05, 0.1) is 0 Å². The van der Waals surface area contributed by atoms with Crippen molar-refractivity contribution in [2.75, 3.05) is 13.2 Å². The van der Waals surface area contributed by atoms with Crippen LogP contribution >= 0.6 is 0 Å². The molecule has 0 radical (unpaired) electrons. The first-order valence-corrected chi connectivity index (χ1v) is 5.91. The molecule has 0 aromatic carbocycles. The third kappa shape index (κ3) is 8.30. The summed E-state index contributed by atoms with van der Waals surface area (Å²) in [4.78, 5) is 0. The normalized spacial score (nSPS) is 16.2. The number of aliphatic hydroxyl groups excluding tert-OH is 4.